The van der Waals surface area contributed by atoms with Gasteiger partial charge >= 0.3 is 5.97 Å². The quantitative estimate of drug-likeness (QED) is 0.544. The van der Waals surface area contributed by atoms with Crippen molar-refractivity contribution in [1.82, 2.24) is 0 Å². The molecular formula is C22H23NO5S2. The molecule has 0 spiro atoms. The molecule has 158 valence electrons. The van der Waals surface area contributed by atoms with Crippen LogP contribution in [0.2, 0.25) is 0 Å². The van der Waals surface area contributed by atoms with Crippen LogP contribution in [0, 0.1) is 20.8 Å². The molecule has 3 aromatic rings. The highest BCUT2D eigenvalue weighted by atomic mass is 32.2. The van der Waals surface area contributed by atoms with Gasteiger partial charge in [0.2, 0.25) is 0 Å². The number of carbonyl (C=O) groups excluding carboxylic acids is 1. The maximum Gasteiger partial charge on any atom is 0.341 e. The van der Waals surface area contributed by atoms with Crippen LogP contribution >= 0.6 is 11.3 Å². The van der Waals surface area contributed by atoms with Crippen LogP contribution in [0.15, 0.2) is 47.4 Å². The number of nitrogens with one attached hydrogen (secondary N) is 1. The van der Waals surface area contributed by atoms with Gasteiger partial charge in [0, 0.05) is 10.4 Å². The molecule has 1 aromatic heterocycles. The molecule has 0 fully saturated rings. The van der Waals surface area contributed by atoms with E-state index in [0.717, 1.165) is 21.6 Å². The average molecular weight is 446 g/mol. The van der Waals surface area contributed by atoms with Gasteiger partial charge in [0.25, 0.3) is 10.0 Å². The number of hydrogen-bond acceptors (Lipinski definition) is 6. The number of esters is 1. The Kier molecular flexibility index (Phi) is 6.19. The van der Waals surface area contributed by atoms with Gasteiger partial charge in [-0.15, -0.1) is 11.3 Å². The summed E-state index contributed by atoms with van der Waals surface area (Å²) in [5.41, 5.74) is 3.38. The Hall–Kier alpha value is -2.84. The summed E-state index contributed by atoms with van der Waals surface area (Å²) in [7, 11) is -1.32. The number of anilines is 1. The standard InChI is InChI=1S/C22H23NO5S2/c1-13-11-17(27-4)18(12-14(13)2)30(25,26)23-21-20(22(24)28-5)19(15(3)29-21)16-9-7-6-8-10-16/h6-12,23H,1-5H3. The maximum atomic E-state index is 13.2. The molecule has 0 saturated carbocycles. The topological polar surface area (TPSA) is 81.7 Å². The molecule has 6 nitrogen and oxygen atoms in total. The first kappa shape index (κ1) is 21.9. The number of thiophene rings is 1. The summed E-state index contributed by atoms with van der Waals surface area (Å²) in [5, 5.41) is 0.207. The zero-order valence-corrected chi connectivity index (χ0v) is 19.0. The third-order valence-corrected chi connectivity index (χ3v) is 7.35. The van der Waals surface area contributed by atoms with Crippen LogP contribution < -0.4 is 9.46 Å². The van der Waals surface area contributed by atoms with E-state index in [-0.39, 0.29) is 21.2 Å². The minimum atomic E-state index is -4.02. The van der Waals surface area contributed by atoms with Crippen LogP contribution in [0.4, 0.5) is 5.00 Å². The number of carbonyl (C=O) groups is 1. The van der Waals surface area contributed by atoms with Crippen LogP contribution in [0.3, 0.4) is 0 Å². The van der Waals surface area contributed by atoms with Crippen molar-refractivity contribution in [2.45, 2.75) is 25.7 Å². The first-order valence-electron chi connectivity index (χ1n) is 9.14. The largest absolute Gasteiger partial charge is 0.495 e. The second-order valence-electron chi connectivity index (χ2n) is 6.79. The van der Waals surface area contributed by atoms with E-state index in [9.17, 15) is 13.2 Å². The van der Waals surface area contributed by atoms with E-state index in [1.165, 1.54) is 25.6 Å². The summed E-state index contributed by atoms with van der Waals surface area (Å²) < 4.78 is 39.3. The van der Waals surface area contributed by atoms with E-state index in [0.29, 0.717) is 5.56 Å². The predicted octanol–water partition coefficient (Wildman–Crippen LogP) is 4.94. The summed E-state index contributed by atoms with van der Waals surface area (Å²) in [6, 6.07) is 12.6. The lowest BCUT2D eigenvalue weighted by Crippen LogP contribution is -2.16. The lowest BCUT2D eigenvalue weighted by atomic mass is 10.0. The van der Waals surface area contributed by atoms with E-state index in [1.807, 2.05) is 51.1 Å². The van der Waals surface area contributed by atoms with E-state index in [2.05, 4.69) is 4.72 Å². The Bertz CT molecular complexity index is 1200. The van der Waals surface area contributed by atoms with Gasteiger partial charge in [-0.3, -0.25) is 4.72 Å². The van der Waals surface area contributed by atoms with Crippen molar-refractivity contribution in [3.8, 4) is 16.9 Å². The highest BCUT2D eigenvalue weighted by Crippen LogP contribution is 2.41. The smallest absolute Gasteiger partial charge is 0.341 e. The molecule has 0 saturated heterocycles. The van der Waals surface area contributed by atoms with Crippen molar-refractivity contribution >= 4 is 32.3 Å². The fourth-order valence-electron chi connectivity index (χ4n) is 3.18. The van der Waals surface area contributed by atoms with Crippen LogP contribution in [0.5, 0.6) is 5.75 Å². The van der Waals surface area contributed by atoms with E-state index >= 15 is 0 Å². The summed E-state index contributed by atoms with van der Waals surface area (Å²) in [4.78, 5) is 13.4. The molecule has 2 aromatic carbocycles. The summed E-state index contributed by atoms with van der Waals surface area (Å²) in [6.45, 7) is 5.55. The van der Waals surface area contributed by atoms with E-state index in [1.54, 1.807) is 12.1 Å². The van der Waals surface area contributed by atoms with Gasteiger partial charge in [0.15, 0.2) is 0 Å². The fourth-order valence-corrected chi connectivity index (χ4v) is 5.78. The van der Waals surface area contributed by atoms with Crippen molar-refractivity contribution in [1.29, 1.82) is 0 Å². The highest BCUT2D eigenvalue weighted by Gasteiger charge is 2.28. The second-order valence-corrected chi connectivity index (χ2v) is 9.66. The molecule has 0 amide bonds. The van der Waals surface area contributed by atoms with Gasteiger partial charge in [0.05, 0.1) is 14.2 Å². The number of hydrogen-bond donors (Lipinski definition) is 1. The molecule has 0 aliphatic carbocycles. The van der Waals surface area contributed by atoms with Crippen molar-refractivity contribution in [2.75, 3.05) is 18.9 Å². The molecule has 30 heavy (non-hydrogen) atoms. The molecular weight excluding hydrogens is 422 g/mol. The first-order chi connectivity index (χ1) is 14.2. The number of sulfonamides is 1. The van der Waals surface area contributed by atoms with Gasteiger partial charge in [-0.05, 0) is 49.6 Å². The summed E-state index contributed by atoms with van der Waals surface area (Å²) in [5.74, 6) is -0.371. The Balaban J connectivity index is 2.16. The molecule has 1 N–H and O–H groups in total. The van der Waals surface area contributed by atoms with Gasteiger partial charge < -0.3 is 9.47 Å². The Morgan fingerprint density at radius 2 is 1.63 bits per heavy atom. The molecule has 1 heterocycles. The molecule has 3 rings (SSSR count). The van der Waals surface area contributed by atoms with Crippen molar-refractivity contribution in [2.24, 2.45) is 0 Å². The minimum Gasteiger partial charge on any atom is -0.495 e. The zero-order valence-electron chi connectivity index (χ0n) is 17.4. The Labute approximate surface area is 180 Å². The van der Waals surface area contributed by atoms with Gasteiger partial charge in [0.1, 0.15) is 21.2 Å². The lowest BCUT2D eigenvalue weighted by Gasteiger charge is -2.14. The van der Waals surface area contributed by atoms with Crippen molar-refractivity contribution < 1.29 is 22.7 Å². The molecule has 0 aliphatic heterocycles. The Morgan fingerprint density at radius 3 is 2.23 bits per heavy atom. The lowest BCUT2D eigenvalue weighted by molar-refractivity contribution is 0.0603. The first-order valence-corrected chi connectivity index (χ1v) is 11.4. The van der Waals surface area contributed by atoms with E-state index in [4.69, 9.17) is 9.47 Å². The Morgan fingerprint density at radius 1 is 1.00 bits per heavy atom. The van der Waals surface area contributed by atoms with Crippen LogP contribution in [-0.2, 0) is 14.8 Å². The number of methoxy groups -OCH3 is 2. The summed E-state index contributed by atoms with van der Waals surface area (Å²) in [6.07, 6.45) is 0. The number of aryl methyl sites for hydroxylation is 3. The zero-order chi connectivity index (χ0) is 22.1. The molecule has 0 radical (unpaired) electrons. The maximum absolute atomic E-state index is 13.2. The molecule has 0 unspecified atom stereocenters. The number of rotatable bonds is 6. The average Bonchev–Trinajstić information content (AvgIpc) is 3.04. The van der Waals surface area contributed by atoms with Gasteiger partial charge in [-0.2, -0.15) is 0 Å². The fraction of sp³-hybridized carbons (Fsp3) is 0.227. The predicted molar refractivity (Wildman–Crippen MR) is 119 cm³/mol. The van der Waals surface area contributed by atoms with Gasteiger partial charge in [-0.1, -0.05) is 30.3 Å². The van der Waals surface area contributed by atoms with Crippen molar-refractivity contribution in [3.63, 3.8) is 0 Å². The van der Waals surface area contributed by atoms with Crippen molar-refractivity contribution in [3.05, 3.63) is 64.0 Å². The second kappa shape index (κ2) is 8.49. The third kappa shape index (κ3) is 4.06. The summed E-state index contributed by atoms with van der Waals surface area (Å²) >= 11 is 1.19. The van der Waals surface area contributed by atoms with Crippen LogP contribution in [0.25, 0.3) is 11.1 Å². The molecule has 0 aliphatic rings. The number of benzene rings is 2. The van der Waals surface area contributed by atoms with Crippen LogP contribution in [-0.4, -0.2) is 28.6 Å². The molecule has 0 bridgehead atoms. The van der Waals surface area contributed by atoms with Crippen LogP contribution in [0.1, 0.15) is 26.4 Å². The third-order valence-electron chi connectivity index (χ3n) is 4.83. The minimum absolute atomic E-state index is 0.0104. The molecule has 8 heteroatoms. The highest BCUT2D eigenvalue weighted by molar-refractivity contribution is 7.93. The number of ether oxygens (including phenoxy) is 2. The SMILES string of the molecule is COC(=O)c1c(NS(=O)(=O)c2cc(C)c(C)cc2OC)sc(C)c1-c1ccccc1. The molecule has 0 atom stereocenters. The van der Waals surface area contributed by atoms with Gasteiger partial charge in [-0.25, -0.2) is 13.2 Å². The monoisotopic (exact) mass is 445 g/mol. The normalized spacial score (nSPS) is 11.2. The van der Waals surface area contributed by atoms with E-state index < -0.39 is 16.0 Å².